The number of rotatable bonds is 6. The largest absolute Gasteiger partial charge is 0.471 e. The summed E-state index contributed by atoms with van der Waals surface area (Å²) in [6.07, 6.45) is -2.16. The molecular formula is C18H20F3N3O3. The molecule has 1 aromatic heterocycles. The van der Waals surface area contributed by atoms with Crippen molar-refractivity contribution in [2.24, 2.45) is 0 Å². The topological polar surface area (TPSA) is 68.5 Å². The smallest absolute Gasteiger partial charge is 0.329 e. The van der Waals surface area contributed by atoms with Crippen LogP contribution in [-0.2, 0) is 15.8 Å². The molecule has 1 heterocycles. The third kappa shape index (κ3) is 4.73. The first-order valence-electron chi connectivity index (χ1n) is 8.24. The molecule has 0 saturated heterocycles. The van der Waals surface area contributed by atoms with E-state index in [1.807, 2.05) is 6.92 Å². The van der Waals surface area contributed by atoms with Gasteiger partial charge in [0.25, 0.3) is 5.91 Å². The van der Waals surface area contributed by atoms with Crippen molar-refractivity contribution in [1.29, 1.82) is 0 Å². The second kappa shape index (κ2) is 8.34. The van der Waals surface area contributed by atoms with Gasteiger partial charge in [0.1, 0.15) is 0 Å². The van der Waals surface area contributed by atoms with Crippen molar-refractivity contribution >= 4 is 5.91 Å². The number of alkyl halides is 3. The fourth-order valence-corrected chi connectivity index (χ4v) is 2.49. The van der Waals surface area contributed by atoms with E-state index in [2.05, 4.69) is 14.7 Å². The number of nitrogens with zero attached hydrogens (tertiary/aromatic N) is 3. The molecule has 0 saturated carbocycles. The van der Waals surface area contributed by atoms with Crippen LogP contribution in [0.2, 0.25) is 0 Å². The maximum absolute atomic E-state index is 12.6. The van der Waals surface area contributed by atoms with Crippen LogP contribution in [0.15, 0.2) is 40.4 Å². The number of hydroxylamine groups is 2. The number of hydrogen-bond acceptors (Lipinski definition) is 5. The molecule has 0 spiro atoms. The summed E-state index contributed by atoms with van der Waals surface area (Å²) in [4.78, 5) is 21.0. The van der Waals surface area contributed by atoms with Gasteiger partial charge in [-0.05, 0) is 25.8 Å². The maximum atomic E-state index is 12.6. The van der Waals surface area contributed by atoms with Gasteiger partial charge in [0.15, 0.2) is 0 Å². The molecule has 1 atom stereocenters. The molecule has 6 nitrogen and oxygen atoms in total. The summed E-state index contributed by atoms with van der Waals surface area (Å²) in [5.41, 5.74) is 1.66. The van der Waals surface area contributed by atoms with Gasteiger partial charge < -0.3 is 4.52 Å². The Hall–Kier alpha value is -2.68. The lowest BCUT2D eigenvalue weighted by molar-refractivity contribution is -0.183. The maximum Gasteiger partial charge on any atom is 0.471 e. The lowest BCUT2D eigenvalue weighted by Crippen LogP contribution is -2.33. The third-order valence-corrected chi connectivity index (χ3v) is 3.92. The minimum absolute atomic E-state index is 0.164. The Morgan fingerprint density at radius 3 is 2.44 bits per heavy atom. The average molecular weight is 383 g/mol. The molecule has 0 aliphatic rings. The summed E-state index contributed by atoms with van der Waals surface area (Å²) < 4.78 is 41.9. The molecule has 0 fully saturated rings. The molecule has 0 aliphatic heterocycles. The Kier molecular flexibility index (Phi) is 6.37. The predicted octanol–water partition coefficient (Wildman–Crippen LogP) is 4.56. The summed E-state index contributed by atoms with van der Waals surface area (Å²) in [7, 11) is 1.40. The normalized spacial score (nSPS) is 13.5. The van der Waals surface area contributed by atoms with Crippen molar-refractivity contribution in [2.45, 2.75) is 39.4 Å². The predicted molar refractivity (Wildman–Crippen MR) is 91.1 cm³/mol. The zero-order valence-corrected chi connectivity index (χ0v) is 15.4. The summed E-state index contributed by atoms with van der Waals surface area (Å²) in [5.74, 6) is -1.82. The van der Waals surface area contributed by atoms with Gasteiger partial charge in [-0.1, -0.05) is 42.4 Å². The molecule has 0 N–H and O–H groups in total. The minimum atomic E-state index is -4.69. The molecule has 0 radical (unpaired) electrons. The van der Waals surface area contributed by atoms with Gasteiger partial charge >= 0.3 is 12.1 Å². The first kappa shape index (κ1) is 20.6. The number of hydrogen-bond donors (Lipinski definition) is 0. The third-order valence-electron chi connectivity index (χ3n) is 3.92. The Bertz CT molecular complexity index is 813. The number of carbonyl (C=O) groups excluding carboxylic acids is 1. The highest BCUT2D eigenvalue weighted by Gasteiger charge is 2.38. The summed E-state index contributed by atoms with van der Waals surface area (Å²) in [5, 5.41) is 4.59. The lowest BCUT2D eigenvalue weighted by atomic mass is 10.0. The monoisotopic (exact) mass is 383 g/mol. The van der Waals surface area contributed by atoms with Gasteiger partial charge in [0.2, 0.25) is 5.82 Å². The van der Waals surface area contributed by atoms with Crippen molar-refractivity contribution in [3.63, 3.8) is 0 Å². The van der Waals surface area contributed by atoms with Crippen molar-refractivity contribution in [3.8, 4) is 11.4 Å². The first-order valence-corrected chi connectivity index (χ1v) is 8.24. The van der Waals surface area contributed by atoms with Crippen LogP contribution in [0.25, 0.3) is 11.4 Å². The van der Waals surface area contributed by atoms with Crippen LogP contribution in [-0.4, -0.2) is 28.2 Å². The molecule has 1 amide bonds. The second-order valence-electron chi connectivity index (χ2n) is 5.83. The number of carbonyl (C=O) groups is 1. The molecule has 0 bridgehead atoms. The number of amides is 1. The van der Waals surface area contributed by atoms with Crippen molar-refractivity contribution < 1.29 is 27.3 Å². The van der Waals surface area contributed by atoms with Gasteiger partial charge in [-0.2, -0.15) is 18.2 Å². The summed E-state index contributed by atoms with van der Waals surface area (Å²) in [6.45, 7) is 5.42. The molecule has 1 aromatic carbocycles. The second-order valence-corrected chi connectivity index (χ2v) is 5.83. The van der Waals surface area contributed by atoms with Crippen LogP contribution < -0.4 is 0 Å². The molecule has 146 valence electrons. The molecule has 1 unspecified atom stereocenters. The number of halogens is 3. The standard InChI is InChI=1S/C18H20F3N3O3/c1-5-6-11(2)16(25)24(26-4)12(3)13-7-9-14(10-8-13)15-22-17(27-23-15)18(19,20)21/h6-10,12H,5H2,1-4H3/b11-6+. The highest BCUT2D eigenvalue weighted by molar-refractivity contribution is 5.92. The van der Waals surface area contributed by atoms with E-state index in [4.69, 9.17) is 4.84 Å². The van der Waals surface area contributed by atoms with E-state index >= 15 is 0 Å². The molecular weight excluding hydrogens is 363 g/mol. The van der Waals surface area contributed by atoms with E-state index in [0.717, 1.165) is 12.0 Å². The van der Waals surface area contributed by atoms with Crippen molar-refractivity contribution in [3.05, 3.63) is 47.4 Å². The molecule has 9 heteroatoms. The Labute approximate surface area is 154 Å². The SMILES string of the molecule is CC/C=C(\C)C(=O)N(OC)C(C)c1ccc(-c2noc(C(F)(F)F)n2)cc1. The van der Waals surface area contributed by atoms with Crippen LogP contribution >= 0.6 is 0 Å². The van der Waals surface area contributed by atoms with E-state index in [9.17, 15) is 18.0 Å². The van der Waals surface area contributed by atoms with Gasteiger partial charge in [0, 0.05) is 11.1 Å². The highest BCUT2D eigenvalue weighted by Crippen LogP contribution is 2.30. The van der Waals surface area contributed by atoms with Gasteiger partial charge in [0.05, 0.1) is 13.2 Å². The quantitative estimate of drug-likeness (QED) is 0.540. The van der Waals surface area contributed by atoms with Crippen molar-refractivity contribution in [2.75, 3.05) is 7.11 Å². The van der Waals surface area contributed by atoms with Gasteiger partial charge in [-0.15, -0.1) is 0 Å². The van der Waals surface area contributed by atoms with Crippen molar-refractivity contribution in [1.82, 2.24) is 15.2 Å². The van der Waals surface area contributed by atoms with Crippen LogP contribution in [0, 0.1) is 0 Å². The van der Waals surface area contributed by atoms with Gasteiger partial charge in [-0.25, -0.2) is 5.06 Å². The van der Waals surface area contributed by atoms with E-state index in [-0.39, 0.29) is 11.7 Å². The molecule has 2 rings (SSSR count). The average Bonchev–Trinajstić information content (AvgIpc) is 3.13. The van der Waals surface area contributed by atoms with E-state index in [1.54, 1.807) is 44.2 Å². The van der Waals surface area contributed by atoms with Crippen LogP contribution in [0.1, 0.15) is 44.7 Å². The molecule has 2 aromatic rings. The fourth-order valence-electron chi connectivity index (χ4n) is 2.49. The van der Waals surface area contributed by atoms with E-state index < -0.39 is 18.1 Å². The van der Waals surface area contributed by atoms with E-state index in [0.29, 0.717) is 11.1 Å². The summed E-state index contributed by atoms with van der Waals surface area (Å²) in [6, 6.07) is 6.05. The fraction of sp³-hybridized carbons (Fsp3) is 0.389. The van der Waals surface area contributed by atoms with Crippen LogP contribution in [0.4, 0.5) is 13.2 Å². The number of aromatic nitrogens is 2. The van der Waals surface area contributed by atoms with Crippen LogP contribution in [0.3, 0.4) is 0 Å². The lowest BCUT2D eigenvalue weighted by Gasteiger charge is -2.27. The zero-order chi connectivity index (χ0) is 20.2. The molecule has 0 aliphatic carbocycles. The Morgan fingerprint density at radius 1 is 1.33 bits per heavy atom. The van der Waals surface area contributed by atoms with E-state index in [1.165, 1.54) is 12.2 Å². The first-order chi connectivity index (χ1) is 12.7. The minimum Gasteiger partial charge on any atom is -0.329 e. The van der Waals surface area contributed by atoms with Gasteiger partial charge in [-0.3, -0.25) is 9.63 Å². The Morgan fingerprint density at radius 2 is 1.96 bits per heavy atom. The number of benzene rings is 1. The molecule has 27 heavy (non-hydrogen) atoms. The Balaban J connectivity index is 2.21. The zero-order valence-electron chi connectivity index (χ0n) is 15.4. The van der Waals surface area contributed by atoms with Crippen LogP contribution in [0.5, 0.6) is 0 Å². The summed E-state index contributed by atoms with van der Waals surface area (Å²) >= 11 is 0. The number of allylic oxidation sites excluding steroid dienone is 1. The highest BCUT2D eigenvalue weighted by atomic mass is 19.4.